The molecule has 1 amide bonds. The van der Waals surface area contributed by atoms with Gasteiger partial charge < -0.3 is 10.4 Å². The van der Waals surface area contributed by atoms with Crippen molar-refractivity contribution in [3.63, 3.8) is 0 Å². The Morgan fingerprint density at radius 3 is 2.40 bits per heavy atom. The molecule has 0 aliphatic heterocycles. The SMILES string of the molecule is CC(C#N)C(=O)NC(CCO)C(C)(C)C. The molecule has 0 aromatic heterocycles. The molecule has 0 rings (SSSR count). The summed E-state index contributed by atoms with van der Waals surface area (Å²) < 4.78 is 0. The smallest absolute Gasteiger partial charge is 0.237 e. The summed E-state index contributed by atoms with van der Waals surface area (Å²) in [5, 5.41) is 20.3. The average molecular weight is 212 g/mol. The number of nitrogens with zero attached hydrogens (tertiary/aromatic N) is 1. The van der Waals surface area contributed by atoms with Crippen LogP contribution in [0.5, 0.6) is 0 Å². The van der Waals surface area contributed by atoms with E-state index in [0.717, 1.165) is 0 Å². The van der Waals surface area contributed by atoms with E-state index in [1.54, 1.807) is 6.92 Å². The molecule has 0 spiro atoms. The second kappa shape index (κ2) is 5.72. The van der Waals surface area contributed by atoms with Gasteiger partial charge in [-0.25, -0.2) is 0 Å². The van der Waals surface area contributed by atoms with Crippen LogP contribution in [0.2, 0.25) is 0 Å². The van der Waals surface area contributed by atoms with Crippen molar-refractivity contribution in [3.05, 3.63) is 0 Å². The highest BCUT2D eigenvalue weighted by Gasteiger charge is 2.27. The maximum atomic E-state index is 11.5. The Kier molecular flexibility index (Phi) is 5.31. The van der Waals surface area contributed by atoms with Gasteiger partial charge in [0.25, 0.3) is 0 Å². The molecule has 86 valence electrons. The van der Waals surface area contributed by atoms with Crippen LogP contribution in [0.4, 0.5) is 0 Å². The van der Waals surface area contributed by atoms with E-state index < -0.39 is 5.92 Å². The molecule has 0 fully saturated rings. The van der Waals surface area contributed by atoms with Crippen molar-refractivity contribution in [2.75, 3.05) is 6.61 Å². The van der Waals surface area contributed by atoms with Crippen LogP contribution in [0.15, 0.2) is 0 Å². The van der Waals surface area contributed by atoms with Gasteiger partial charge in [-0.15, -0.1) is 0 Å². The van der Waals surface area contributed by atoms with Crippen molar-refractivity contribution in [2.45, 2.75) is 40.2 Å². The Morgan fingerprint density at radius 2 is 2.07 bits per heavy atom. The Morgan fingerprint density at radius 1 is 1.53 bits per heavy atom. The molecule has 0 aliphatic carbocycles. The van der Waals surface area contributed by atoms with Crippen LogP contribution in [0.1, 0.15) is 34.1 Å². The van der Waals surface area contributed by atoms with E-state index in [9.17, 15) is 4.79 Å². The van der Waals surface area contributed by atoms with Crippen LogP contribution in [0.3, 0.4) is 0 Å². The zero-order chi connectivity index (χ0) is 12.1. The fourth-order valence-corrected chi connectivity index (χ4v) is 1.21. The fraction of sp³-hybridized carbons (Fsp3) is 0.818. The Bertz CT molecular complexity index is 250. The van der Waals surface area contributed by atoms with Crippen LogP contribution in [0, 0.1) is 22.7 Å². The third kappa shape index (κ3) is 4.80. The second-order valence-electron chi connectivity index (χ2n) is 4.79. The molecule has 0 aromatic rings. The van der Waals surface area contributed by atoms with Crippen molar-refractivity contribution in [2.24, 2.45) is 11.3 Å². The minimum atomic E-state index is -0.645. The van der Waals surface area contributed by atoms with Crippen molar-refractivity contribution in [3.8, 4) is 6.07 Å². The summed E-state index contributed by atoms with van der Waals surface area (Å²) >= 11 is 0. The first-order valence-corrected chi connectivity index (χ1v) is 5.13. The number of aliphatic hydroxyl groups excluding tert-OH is 1. The highest BCUT2D eigenvalue weighted by atomic mass is 16.3. The molecular weight excluding hydrogens is 192 g/mol. The molecule has 4 nitrogen and oxygen atoms in total. The molecule has 2 atom stereocenters. The molecule has 0 aromatic carbocycles. The number of carbonyl (C=O) groups is 1. The first-order chi connectivity index (χ1) is 6.82. The van der Waals surface area contributed by atoms with Crippen LogP contribution in [-0.4, -0.2) is 23.7 Å². The first kappa shape index (κ1) is 13.9. The van der Waals surface area contributed by atoms with E-state index in [4.69, 9.17) is 10.4 Å². The monoisotopic (exact) mass is 212 g/mol. The minimum Gasteiger partial charge on any atom is -0.396 e. The molecule has 2 unspecified atom stereocenters. The summed E-state index contributed by atoms with van der Waals surface area (Å²) in [6.07, 6.45) is 0.507. The average Bonchev–Trinajstić information content (AvgIpc) is 2.14. The summed E-state index contributed by atoms with van der Waals surface area (Å²) in [5.41, 5.74) is -0.117. The number of nitrogens with one attached hydrogen (secondary N) is 1. The molecule has 0 bridgehead atoms. The molecule has 2 N–H and O–H groups in total. The maximum Gasteiger partial charge on any atom is 0.237 e. The van der Waals surface area contributed by atoms with Gasteiger partial charge >= 0.3 is 0 Å². The third-order valence-electron chi connectivity index (χ3n) is 2.37. The van der Waals surface area contributed by atoms with E-state index in [-0.39, 0.29) is 24.0 Å². The van der Waals surface area contributed by atoms with Crippen LogP contribution in [0.25, 0.3) is 0 Å². The zero-order valence-corrected chi connectivity index (χ0v) is 9.87. The van der Waals surface area contributed by atoms with Gasteiger partial charge in [0.15, 0.2) is 0 Å². The molecule has 0 saturated heterocycles. The lowest BCUT2D eigenvalue weighted by molar-refractivity contribution is -0.124. The van der Waals surface area contributed by atoms with Gasteiger partial charge in [0.2, 0.25) is 5.91 Å². The standard InChI is InChI=1S/C11H20N2O2/c1-8(7-12)10(15)13-9(5-6-14)11(2,3)4/h8-9,14H,5-6H2,1-4H3,(H,13,15). The van der Waals surface area contributed by atoms with Crippen LogP contribution >= 0.6 is 0 Å². The second-order valence-corrected chi connectivity index (χ2v) is 4.79. The maximum absolute atomic E-state index is 11.5. The Labute approximate surface area is 91.3 Å². The molecule has 0 radical (unpaired) electrons. The summed E-state index contributed by atoms with van der Waals surface area (Å²) in [5.74, 6) is -0.917. The van der Waals surface area contributed by atoms with Crippen molar-refractivity contribution >= 4 is 5.91 Å². The predicted molar refractivity (Wildman–Crippen MR) is 57.9 cm³/mol. The quantitative estimate of drug-likeness (QED) is 0.731. The Hall–Kier alpha value is -1.08. The first-order valence-electron chi connectivity index (χ1n) is 5.13. The number of rotatable bonds is 4. The van der Waals surface area contributed by atoms with Crippen molar-refractivity contribution in [1.82, 2.24) is 5.32 Å². The predicted octanol–water partition coefficient (Wildman–Crippen LogP) is 1.06. The molecule has 15 heavy (non-hydrogen) atoms. The number of hydrogen-bond acceptors (Lipinski definition) is 3. The molecule has 4 heteroatoms. The summed E-state index contributed by atoms with van der Waals surface area (Å²) in [4.78, 5) is 11.5. The van der Waals surface area contributed by atoms with Gasteiger partial charge in [0.1, 0.15) is 5.92 Å². The van der Waals surface area contributed by atoms with Gasteiger partial charge in [-0.05, 0) is 18.8 Å². The lowest BCUT2D eigenvalue weighted by Crippen LogP contribution is -2.45. The number of hydrogen-bond donors (Lipinski definition) is 2. The van der Waals surface area contributed by atoms with Gasteiger partial charge in [0, 0.05) is 12.6 Å². The summed E-state index contributed by atoms with van der Waals surface area (Å²) in [6, 6.07) is 1.78. The normalized spacial score (nSPS) is 15.2. The number of aliphatic hydroxyl groups is 1. The highest BCUT2D eigenvalue weighted by molar-refractivity contribution is 5.80. The van der Waals surface area contributed by atoms with E-state index in [0.29, 0.717) is 6.42 Å². The summed E-state index contributed by atoms with van der Waals surface area (Å²) in [6.45, 7) is 7.57. The number of carbonyl (C=O) groups excluding carboxylic acids is 1. The third-order valence-corrected chi connectivity index (χ3v) is 2.37. The van der Waals surface area contributed by atoms with Gasteiger partial charge in [-0.3, -0.25) is 4.79 Å². The number of amides is 1. The zero-order valence-electron chi connectivity index (χ0n) is 9.87. The van der Waals surface area contributed by atoms with Crippen molar-refractivity contribution in [1.29, 1.82) is 5.26 Å². The lowest BCUT2D eigenvalue weighted by Gasteiger charge is -2.31. The minimum absolute atomic E-state index is 0.0309. The van der Waals surface area contributed by atoms with Crippen LogP contribution < -0.4 is 5.32 Å². The van der Waals surface area contributed by atoms with E-state index in [1.165, 1.54) is 0 Å². The topological polar surface area (TPSA) is 73.1 Å². The van der Waals surface area contributed by atoms with Crippen LogP contribution in [-0.2, 0) is 4.79 Å². The summed E-state index contributed by atoms with van der Waals surface area (Å²) in [7, 11) is 0. The largest absolute Gasteiger partial charge is 0.396 e. The highest BCUT2D eigenvalue weighted by Crippen LogP contribution is 2.21. The van der Waals surface area contributed by atoms with E-state index in [2.05, 4.69) is 5.32 Å². The Balaban J connectivity index is 4.44. The molecule has 0 aliphatic rings. The fourth-order valence-electron chi connectivity index (χ4n) is 1.21. The van der Waals surface area contributed by atoms with E-state index >= 15 is 0 Å². The molecular formula is C11H20N2O2. The van der Waals surface area contributed by atoms with Crippen molar-refractivity contribution < 1.29 is 9.90 Å². The van der Waals surface area contributed by atoms with Gasteiger partial charge in [-0.1, -0.05) is 20.8 Å². The van der Waals surface area contributed by atoms with Gasteiger partial charge in [-0.2, -0.15) is 5.26 Å². The molecule has 0 saturated carbocycles. The lowest BCUT2D eigenvalue weighted by atomic mass is 9.84. The van der Waals surface area contributed by atoms with Gasteiger partial charge in [0.05, 0.1) is 6.07 Å². The van der Waals surface area contributed by atoms with E-state index in [1.807, 2.05) is 26.8 Å². The number of nitriles is 1. The molecule has 0 heterocycles.